The van der Waals surface area contributed by atoms with Crippen molar-refractivity contribution < 1.29 is 4.74 Å². The lowest BCUT2D eigenvalue weighted by molar-refractivity contribution is 0.306. The lowest BCUT2D eigenvalue weighted by Gasteiger charge is -2.17. The molecule has 0 unspecified atom stereocenters. The van der Waals surface area contributed by atoms with Crippen LogP contribution in [0.1, 0.15) is 0 Å². The Morgan fingerprint density at radius 1 is 1.64 bits per heavy atom. The molecule has 0 spiro atoms. The van der Waals surface area contributed by atoms with Gasteiger partial charge in [-0.25, -0.2) is 0 Å². The van der Waals surface area contributed by atoms with E-state index >= 15 is 0 Å². The van der Waals surface area contributed by atoms with E-state index in [1.54, 1.807) is 6.20 Å². The van der Waals surface area contributed by atoms with Crippen LogP contribution in [-0.4, -0.2) is 23.3 Å². The number of fused-ring (bicyclic) bond motifs is 1. The number of anilines is 1. The van der Waals surface area contributed by atoms with Gasteiger partial charge >= 0.3 is 0 Å². The molecule has 0 saturated heterocycles. The van der Waals surface area contributed by atoms with E-state index in [-0.39, 0.29) is 0 Å². The monoisotopic (exact) mass is 215 g/mol. The van der Waals surface area contributed by atoms with Gasteiger partial charge in [0.25, 0.3) is 5.88 Å². The van der Waals surface area contributed by atoms with E-state index in [1.165, 1.54) is 0 Å². The largest absolute Gasteiger partial charge is 0.473 e. The van der Waals surface area contributed by atoms with Crippen molar-refractivity contribution in [2.75, 3.05) is 18.5 Å². The zero-order chi connectivity index (χ0) is 7.68. The molecular formula is C6H6BrN3O. The summed E-state index contributed by atoms with van der Waals surface area (Å²) in [6.07, 6.45) is 1.64. The van der Waals surface area contributed by atoms with Gasteiger partial charge in [0.05, 0.1) is 10.7 Å². The van der Waals surface area contributed by atoms with Crippen molar-refractivity contribution >= 4 is 21.6 Å². The van der Waals surface area contributed by atoms with Crippen LogP contribution in [0.3, 0.4) is 0 Å². The summed E-state index contributed by atoms with van der Waals surface area (Å²) >= 11 is 3.34. The average Bonchev–Trinajstić information content (AvgIpc) is 2.06. The first-order valence-electron chi connectivity index (χ1n) is 3.26. The Balaban J connectivity index is 2.49. The molecule has 1 aromatic rings. The highest BCUT2D eigenvalue weighted by molar-refractivity contribution is 9.10. The fourth-order valence-corrected chi connectivity index (χ4v) is 1.33. The lowest BCUT2D eigenvalue weighted by atomic mass is 10.4. The Bertz CT molecular complexity index is 279. The summed E-state index contributed by atoms with van der Waals surface area (Å²) in [6.45, 7) is 1.47. The maximum Gasteiger partial charge on any atom is 0.258 e. The summed E-state index contributed by atoms with van der Waals surface area (Å²) in [5, 5.41) is 10.7. The average molecular weight is 216 g/mol. The highest BCUT2D eigenvalue weighted by Gasteiger charge is 2.13. The number of nitrogens with one attached hydrogen (secondary N) is 1. The van der Waals surface area contributed by atoms with E-state index in [2.05, 4.69) is 31.4 Å². The van der Waals surface area contributed by atoms with Gasteiger partial charge in [0.1, 0.15) is 12.3 Å². The molecule has 0 radical (unpaired) electrons. The normalized spacial score (nSPS) is 14.6. The maximum atomic E-state index is 5.24. The van der Waals surface area contributed by atoms with E-state index in [9.17, 15) is 0 Å². The van der Waals surface area contributed by atoms with Crippen LogP contribution in [0.15, 0.2) is 10.7 Å². The molecule has 11 heavy (non-hydrogen) atoms. The molecule has 58 valence electrons. The van der Waals surface area contributed by atoms with Crippen molar-refractivity contribution in [1.82, 2.24) is 10.2 Å². The van der Waals surface area contributed by atoms with E-state index in [0.29, 0.717) is 12.5 Å². The minimum absolute atomic E-state index is 0.575. The van der Waals surface area contributed by atoms with Gasteiger partial charge in [0.15, 0.2) is 0 Å². The number of hydrogen-bond donors (Lipinski definition) is 1. The Morgan fingerprint density at radius 2 is 2.55 bits per heavy atom. The van der Waals surface area contributed by atoms with Crippen molar-refractivity contribution in [3.8, 4) is 5.88 Å². The molecule has 1 aromatic heterocycles. The highest BCUT2D eigenvalue weighted by Crippen LogP contribution is 2.30. The summed E-state index contributed by atoms with van der Waals surface area (Å²) in [5.74, 6) is 0.575. The molecule has 0 bridgehead atoms. The van der Waals surface area contributed by atoms with E-state index in [4.69, 9.17) is 4.74 Å². The molecule has 1 aliphatic heterocycles. The van der Waals surface area contributed by atoms with Crippen LogP contribution in [0, 0.1) is 0 Å². The van der Waals surface area contributed by atoms with E-state index < -0.39 is 0 Å². The molecule has 0 fully saturated rings. The second-order valence-corrected chi connectivity index (χ2v) is 3.00. The first-order valence-corrected chi connectivity index (χ1v) is 4.05. The molecule has 0 atom stereocenters. The highest BCUT2D eigenvalue weighted by atomic mass is 79.9. The van der Waals surface area contributed by atoms with Crippen LogP contribution < -0.4 is 10.1 Å². The quantitative estimate of drug-likeness (QED) is 0.703. The van der Waals surface area contributed by atoms with Crippen molar-refractivity contribution in [2.45, 2.75) is 0 Å². The second-order valence-electron chi connectivity index (χ2n) is 2.15. The molecule has 0 saturated carbocycles. The number of rotatable bonds is 0. The first-order chi connectivity index (χ1) is 5.38. The Morgan fingerprint density at radius 3 is 3.36 bits per heavy atom. The molecule has 1 aliphatic rings. The van der Waals surface area contributed by atoms with Crippen molar-refractivity contribution in [3.63, 3.8) is 0 Å². The van der Waals surface area contributed by atoms with Gasteiger partial charge in [-0.2, -0.15) is 5.10 Å². The maximum absolute atomic E-state index is 5.24. The number of aromatic nitrogens is 2. The fourth-order valence-electron chi connectivity index (χ4n) is 0.934. The topological polar surface area (TPSA) is 47.0 Å². The van der Waals surface area contributed by atoms with Gasteiger partial charge in [-0.05, 0) is 15.9 Å². The van der Waals surface area contributed by atoms with Crippen molar-refractivity contribution in [1.29, 1.82) is 0 Å². The number of halogens is 1. The second kappa shape index (κ2) is 2.65. The third kappa shape index (κ3) is 1.16. The number of hydrogen-bond acceptors (Lipinski definition) is 4. The molecule has 0 aromatic carbocycles. The predicted molar refractivity (Wildman–Crippen MR) is 43.7 cm³/mol. The summed E-state index contributed by atoms with van der Waals surface area (Å²) in [5.41, 5.74) is 0.895. The third-order valence-corrected chi connectivity index (χ3v) is 2.02. The van der Waals surface area contributed by atoms with Crippen LogP contribution in [0.5, 0.6) is 5.88 Å². The van der Waals surface area contributed by atoms with Crippen LogP contribution in [0.2, 0.25) is 0 Å². The van der Waals surface area contributed by atoms with Crippen LogP contribution >= 0.6 is 15.9 Å². The Hall–Kier alpha value is -0.840. The standard InChI is InChI=1S/C6H6BrN3O/c7-4-3-9-10-6-5(4)8-1-2-11-6/h3,8H,1-2H2. The summed E-state index contributed by atoms with van der Waals surface area (Å²) in [6, 6.07) is 0. The molecule has 2 rings (SSSR count). The van der Waals surface area contributed by atoms with E-state index in [0.717, 1.165) is 16.7 Å². The molecule has 1 N–H and O–H groups in total. The van der Waals surface area contributed by atoms with Crippen molar-refractivity contribution in [3.05, 3.63) is 10.7 Å². The van der Waals surface area contributed by atoms with Gasteiger partial charge < -0.3 is 10.1 Å². The van der Waals surface area contributed by atoms with Gasteiger partial charge in [0, 0.05) is 6.54 Å². The van der Waals surface area contributed by atoms with Gasteiger partial charge in [-0.1, -0.05) is 0 Å². The van der Waals surface area contributed by atoms with Gasteiger partial charge in [0.2, 0.25) is 0 Å². The number of ether oxygens (including phenoxy) is 1. The van der Waals surface area contributed by atoms with Crippen LogP contribution in [0.25, 0.3) is 0 Å². The lowest BCUT2D eigenvalue weighted by Crippen LogP contribution is -2.19. The molecule has 5 heteroatoms. The zero-order valence-corrected chi connectivity index (χ0v) is 7.26. The van der Waals surface area contributed by atoms with Gasteiger partial charge in [-0.15, -0.1) is 5.10 Å². The molecule has 0 aliphatic carbocycles. The summed E-state index contributed by atoms with van der Waals surface area (Å²) in [7, 11) is 0. The Labute approximate surface area is 72.1 Å². The summed E-state index contributed by atoms with van der Waals surface area (Å²) in [4.78, 5) is 0. The number of nitrogens with zero attached hydrogens (tertiary/aromatic N) is 2. The Kier molecular flexibility index (Phi) is 1.65. The van der Waals surface area contributed by atoms with Crippen LogP contribution in [-0.2, 0) is 0 Å². The first kappa shape index (κ1) is 6.84. The van der Waals surface area contributed by atoms with Crippen molar-refractivity contribution in [2.24, 2.45) is 0 Å². The minimum Gasteiger partial charge on any atom is -0.473 e. The minimum atomic E-state index is 0.575. The summed E-state index contributed by atoms with van der Waals surface area (Å²) < 4.78 is 6.13. The SMILES string of the molecule is Brc1cnnc2c1NCCO2. The molecule has 4 nitrogen and oxygen atoms in total. The van der Waals surface area contributed by atoms with Gasteiger partial charge in [-0.3, -0.25) is 0 Å². The smallest absolute Gasteiger partial charge is 0.258 e. The zero-order valence-electron chi connectivity index (χ0n) is 5.67. The van der Waals surface area contributed by atoms with E-state index in [1.807, 2.05) is 0 Å². The molecule has 2 heterocycles. The molecule has 0 amide bonds. The predicted octanol–water partition coefficient (Wildman–Crippen LogP) is 1.04. The molecular weight excluding hydrogens is 210 g/mol. The fraction of sp³-hybridized carbons (Fsp3) is 0.333. The van der Waals surface area contributed by atoms with Crippen LogP contribution in [0.4, 0.5) is 5.69 Å². The third-order valence-electron chi connectivity index (χ3n) is 1.41.